The lowest BCUT2D eigenvalue weighted by atomic mass is 9.58. The van der Waals surface area contributed by atoms with E-state index in [9.17, 15) is 23.1 Å². The molecule has 1 saturated heterocycles. The van der Waals surface area contributed by atoms with Gasteiger partial charge in [0, 0.05) is 41.5 Å². The van der Waals surface area contributed by atoms with Crippen molar-refractivity contribution in [2.75, 3.05) is 31.3 Å². The molecule has 1 aromatic carbocycles. The van der Waals surface area contributed by atoms with Crippen LogP contribution in [0.1, 0.15) is 76.9 Å². The summed E-state index contributed by atoms with van der Waals surface area (Å²) in [5, 5.41) is 14.6. The highest BCUT2D eigenvalue weighted by molar-refractivity contribution is 5.96. The van der Waals surface area contributed by atoms with E-state index in [4.69, 9.17) is 19.0 Å². The van der Waals surface area contributed by atoms with Crippen LogP contribution in [0.2, 0.25) is 0 Å². The van der Waals surface area contributed by atoms with Gasteiger partial charge in [0.05, 0.1) is 25.2 Å². The standard InChI is InChI=1S/C34H40F3N5O5/c1-3-46-30-38-16-25(17-39-30)21-6-4-8-26(12-21)42(27(43)24-14-33(44,15-24)34(35,36)37)18-23-9-11-32(10-5-7-22(23)13-32)28-40-29(47-41-28)31(2)19-45-20-31/h4,6,8,12,16-17,22-24,44H,3,5,7,9-11,13-15,18-20H2,1-2H3. The third-order valence-electron chi connectivity index (χ3n) is 10.9. The molecule has 7 rings (SSSR count). The number of rotatable bonds is 9. The Morgan fingerprint density at radius 3 is 2.55 bits per heavy atom. The Labute approximate surface area is 271 Å². The van der Waals surface area contributed by atoms with Gasteiger partial charge in [-0.15, -0.1) is 0 Å². The largest absolute Gasteiger partial charge is 0.464 e. The molecule has 2 bridgehead atoms. The zero-order chi connectivity index (χ0) is 33.0. The number of ether oxygens (including phenoxy) is 2. The predicted octanol–water partition coefficient (Wildman–Crippen LogP) is 5.79. The molecule has 13 heteroatoms. The zero-order valence-electron chi connectivity index (χ0n) is 26.6. The van der Waals surface area contributed by atoms with E-state index in [1.807, 2.05) is 31.2 Å². The number of halogens is 3. The highest BCUT2D eigenvalue weighted by Crippen LogP contribution is 2.53. The molecule has 3 aromatic rings. The molecule has 1 aliphatic heterocycles. The fourth-order valence-corrected chi connectivity index (χ4v) is 7.97. The topological polar surface area (TPSA) is 124 Å². The van der Waals surface area contributed by atoms with Crippen LogP contribution in [0.3, 0.4) is 0 Å². The van der Waals surface area contributed by atoms with Crippen molar-refractivity contribution in [1.29, 1.82) is 0 Å². The summed E-state index contributed by atoms with van der Waals surface area (Å²) in [6.07, 6.45) is 2.70. The number of aliphatic hydroxyl groups is 1. The summed E-state index contributed by atoms with van der Waals surface area (Å²) in [6.45, 7) is 5.83. The molecular weight excluding hydrogens is 615 g/mol. The lowest BCUT2D eigenvalue weighted by molar-refractivity contribution is -0.295. The molecule has 2 aromatic heterocycles. The smallest absolute Gasteiger partial charge is 0.417 e. The average Bonchev–Trinajstić information content (AvgIpc) is 3.54. The second kappa shape index (κ2) is 11.8. The first-order valence-corrected chi connectivity index (χ1v) is 16.5. The van der Waals surface area contributed by atoms with E-state index >= 15 is 0 Å². The Balaban J connectivity index is 1.14. The van der Waals surface area contributed by atoms with Crippen LogP contribution < -0.4 is 9.64 Å². The molecular formula is C34H40F3N5O5. The van der Waals surface area contributed by atoms with Crippen LogP contribution in [0.5, 0.6) is 6.01 Å². The fourth-order valence-electron chi connectivity index (χ4n) is 7.97. The van der Waals surface area contributed by atoms with Crippen molar-refractivity contribution < 1.29 is 37.1 Å². The second-order valence-corrected chi connectivity index (χ2v) is 14.2. The van der Waals surface area contributed by atoms with Crippen molar-refractivity contribution in [2.45, 2.75) is 87.8 Å². The number of alkyl halides is 3. The molecule has 3 aliphatic carbocycles. The summed E-state index contributed by atoms with van der Waals surface area (Å²) in [5.41, 5.74) is -1.20. The van der Waals surface area contributed by atoms with E-state index in [0.717, 1.165) is 49.9 Å². The molecule has 4 aliphatic rings. The number of benzene rings is 1. The van der Waals surface area contributed by atoms with Gasteiger partial charge in [0.15, 0.2) is 11.4 Å². The first kappa shape index (κ1) is 32.0. The van der Waals surface area contributed by atoms with E-state index in [1.165, 1.54) is 0 Å². The van der Waals surface area contributed by atoms with Crippen LogP contribution in [0.4, 0.5) is 18.9 Å². The summed E-state index contributed by atoms with van der Waals surface area (Å²) in [6, 6.07) is 7.62. The minimum atomic E-state index is -4.78. The minimum absolute atomic E-state index is 0.135. The van der Waals surface area contributed by atoms with Gasteiger partial charge in [-0.2, -0.15) is 18.2 Å². The number of fused-ring (bicyclic) bond motifs is 2. The molecule has 252 valence electrons. The maximum absolute atomic E-state index is 14.0. The van der Waals surface area contributed by atoms with Crippen LogP contribution in [0.25, 0.3) is 11.1 Å². The number of aromatic nitrogens is 4. The Morgan fingerprint density at radius 1 is 1.11 bits per heavy atom. The van der Waals surface area contributed by atoms with Crippen LogP contribution >= 0.6 is 0 Å². The monoisotopic (exact) mass is 655 g/mol. The van der Waals surface area contributed by atoms with Crippen molar-refractivity contribution in [2.24, 2.45) is 17.8 Å². The van der Waals surface area contributed by atoms with E-state index in [1.54, 1.807) is 17.3 Å². The van der Waals surface area contributed by atoms with Crippen molar-refractivity contribution in [3.05, 3.63) is 48.4 Å². The number of nitrogens with zero attached hydrogens (tertiary/aromatic N) is 5. The highest BCUT2D eigenvalue weighted by atomic mass is 19.4. The predicted molar refractivity (Wildman–Crippen MR) is 164 cm³/mol. The van der Waals surface area contributed by atoms with Gasteiger partial charge in [0.1, 0.15) is 0 Å². The van der Waals surface area contributed by atoms with Crippen molar-refractivity contribution in [3.8, 4) is 17.1 Å². The molecule has 4 fully saturated rings. The van der Waals surface area contributed by atoms with Crippen LogP contribution in [0, 0.1) is 17.8 Å². The zero-order valence-corrected chi connectivity index (χ0v) is 26.6. The van der Waals surface area contributed by atoms with Gasteiger partial charge in [0.25, 0.3) is 0 Å². The number of hydrogen-bond donors (Lipinski definition) is 1. The molecule has 3 heterocycles. The number of hydrogen-bond acceptors (Lipinski definition) is 9. The lowest BCUT2D eigenvalue weighted by Crippen LogP contribution is -2.59. The molecule has 47 heavy (non-hydrogen) atoms. The second-order valence-electron chi connectivity index (χ2n) is 14.2. The van der Waals surface area contributed by atoms with E-state index in [0.29, 0.717) is 43.5 Å². The Morgan fingerprint density at radius 2 is 1.87 bits per heavy atom. The van der Waals surface area contributed by atoms with Crippen LogP contribution in [-0.2, 0) is 20.4 Å². The molecule has 1 amide bonds. The van der Waals surface area contributed by atoms with E-state index < -0.39 is 36.4 Å². The third kappa shape index (κ3) is 5.79. The number of carbonyl (C=O) groups is 1. The minimum Gasteiger partial charge on any atom is -0.464 e. The highest BCUT2D eigenvalue weighted by Gasteiger charge is 2.63. The third-order valence-corrected chi connectivity index (χ3v) is 10.9. The van der Waals surface area contributed by atoms with Gasteiger partial charge < -0.3 is 24.0 Å². The molecule has 10 nitrogen and oxygen atoms in total. The maximum atomic E-state index is 14.0. The van der Waals surface area contributed by atoms with Gasteiger partial charge in [-0.1, -0.05) is 30.1 Å². The SMILES string of the molecule is CCOc1ncc(-c2cccc(N(CC3CCC4(c5noc(C6(C)COC6)n5)CCCC3C4)C(=O)C3CC(O)(C(F)(F)F)C3)c2)cn1. The van der Waals surface area contributed by atoms with Crippen molar-refractivity contribution in [1.82, 2.24) is 20.1 Å². The van der Waals surface area contributed by atoms with Gasteiger partial charge >= 0.3 is 12.2 Å². The van der Waals surface area contributed by atoms with Crippen LogP contribution in [-0.4, -0.2) is 69.3 Å². The normalized spacial score (nSPS) is 29.8. The fraction of sp³-hybridized carbons (Fsp3) is 0.618. The lowest BCUT2D eigenvalue weighted by Gasteiger charge is -2.49. The summed E-state index contributed by atoms with van der Waals surface area (Å²) >= 11 is 0. The quantitative estimate of drug-likeness (QED) is 0.305. The molecule has 1 N–H and O–H groups in total. The van der Waals surface area contributed by atoms with E-state index in [2.05, 4.69) is 22.0 Å². The maximum Gasteiger partial charge on any atom is 0.417 e. The molecule has 3 atom stereocenters. The summed E-state index contributed by atoms with van der Waals surface area (Å²) in [5.74, 6) is 0.464. The number of carbonyl (C=O) groups excluding carboxylic acids is 1. The number of amides is 1. The van der Waals surface area contributed by atoms with Gasteiger partial charge in [-0.05, 0) is 81.9 Å². The van der Waals surface area contributed by atoms with Gasteiger partial charge in [-0.3, -0.25) is 4.79 Å². The Kier molecular flexibility index (Phi) is 8.05. The van der Waals surface area contributed by atoms with Crippen molar-refractivity contribution in [3.63, 3.8) is 0 Å². The first-order valence-electron chi connectivity index (χ1n) is 16.5. The molecule has 3 saturated carbocycles. The molecule has 0 radical (unpaired) electrons. The first-order chi connectivity index (χ1) is 22.4. The summed E-state index contributed by atoms with van der Waals surface area (Å²) < 4.78 is 57.1. The van der Waals surface area contributed by atoms with Gasteiger partial charge in [0.2, 0.25) is 11.8 Å². The van der Waals surface area contributed by atoms with Crippen LogP contribution in [0.15, 0.2) is 41.2 Å². The van der Waals surface area contributed by atoms with E-state index in [-0.39, 0.29) is 28.7 Å². The molecule has 0 spiro atoms. The van der Waals surface area contributed by atoms with Gasteiger partial charge in [-0.25, -0.2) is 9.97 Å². The number of anilines is 1. The summed E-state index contributed by atoms with van der Waals surface area (Å²) in [4.78, 5) is 29.1. The average molecular weight is 656 g/mol. The van der Waals surface area contributed by atoms with Crippen molar-refractivity contribution >= 4 is 11.6 Å². The summed E-state index contributed by atoms with van der Waals surface area (Å²) in [7, 11) is 0. The molecule has 3 unspecified atom stereocenters. The Hall–Kier alpha value is -3.58. The Bertz CT molecular complexity index is 1600.